The molecule has 0 aliphatic heterocycles. The summed E-state index contributed by atoms with van der Waals surface area (Å²) in [6.45, 7) is 0.231. The van der Waals surface area contributed by atoms with Gasteiger partial charge < -0.3 is 4.81 Å². The molecule has 0 fully saturated rings. The minimum Gasteiger partial charge on any atom is -0.399 e. The van der Waals surface area contributed by atoms with Crippen LogP contribution < -0.4 is 0 Å². The first-order chi connectivity index (χ1) is 4.81. The van der Waals surface area contributed by atoms with Crippen LogP contribution in [-0.4, -0.2) is 32.4 Å². The fourth-order valence-corrected chi connectivity index (χ4v) is 0.618. The topological polar surface area (TPSA) is 20.3 Å². The molecule has 0 aliphatic rings. The minimum atomic E-state index is -0.286. The predicted octanol–water partition coefficient (Wildman–Crippen LogP) is 0.668. The molecule has 0 spiro atoms. The molecule has 0 saturated heterocycles. The van der Waals surface area contributed by atoms with Gasteiger partial charge in [0.2, 0.25) is 7.98 Å². The maximum absolute atomic E-state index is 11.5. The molecule has 2 radical (unpaired) electrons. The quantitative estimate of drug-likeness (QED) is 0.304. The van der Waals surface area contributed by atoms with E-state index in [0.29, 0.717) is 19.4 Å². The SMILES string of the molecule is [B]N(C=O)CCCCCF. The van der Waals surface area contributed by atoms with Crippen LogP contribution in [0.3, 0.4) is 0 Å². The third kappa shape index (κ3) is 5.60. The zero-order valence-electron chi connectivity index (χ0n) is 5.92. The highest BCUT2D eigenvalue weighted by molar-refractivity contribution is 6.10. The Morgan fingerprint density at radius 2 is 2.10 bits per heavy atom. The lowest BCUT2D eigenvalue weighted by atomic mass is 10.2. The number of hydrogen-bond donors (Lipinski definition) is 0. The van der Waals surface area contributed by atoms with Crippen molar-refractivity contribution in [2.75, 3.05) is 13.2 Å². The summed E-state index contributed by atoms with van der Waals surface area (Å²) in [5.41, 5.74) is 0. The van der Waals surface area contributed by atoms with Gasteiger partial charge in [-0.25, -0.2) is 0 Å². The molecule has 0 rings (SSSR count). The zero-order valence-corrected chi connectivity index (χ0v) is 5.92. The van der Waals surface area contributed by atoms with Crippen molar-refractivity contribution in [3.05, 3.63) is 0 Å². The van der Waals surface area contributed by atoms with Crippen molar-refractivity contribution in [3.8, 4) is 0 Å². The summed E-state index contributed by atoms with van der Waals surface area (Å²) in [5, 5.41) is 0. The van der Waals surface area contributed by atoms with Gasteiger partial charge in [-0.1, -0.05) is 0 Å². The van der Waals surface area contributed by atoms with Gasteiger partial charge in [0.1, 0.15) is 0 Å². The van der Waals surface area contributed by atoms with Gasteiger partial charge in [0, 0.05) is 6.54 Å². The van der Waals surface area contributed by atoms with Crippen molar-refractivity contribution >= 4 is 14.4 Å². The fraction of sp³-hybridized carbons (Fsp3) is 0.833. The molecular formula is C6H11BFNO. The van der Waals surface area contributed by atoms with Crippen LogP contribution in [0.5, 0.6) is 0 Å². The number of unbranched alkanes of at least 4 members (excludes halogenated alkanes) is 2. The first kappa shape index (κ1) is 9.46. The highest BCUT2D eigenvalue weighted by Crippen LogP contribution is 1.95. The monoisotopic (exact) mass is 143 g/mol. The Morgan fingerprint density at radius 3 is 2.60 bits per heavy atom. The Labute approximate surface area is 61.8 Å². The van der Waals surface area contributed by atoms with E-state index in [-0.39, 0.29) is 6.67 Å². The van der Waals surface area contributed by atoms with Crippen molar-refractivity contribution in [2.45, 2.75) is 19.3 Å². The number of carbonyl (C=O) groups excluding carboxylic acids is 1. The number of alkyl halides is 1. The second kappa shape index (κ2) is 6.58. The molecule has 0 aromatic rings. The molecular weight excluding hydrogens is 132 g/mol. The van der Waals surface area contributed by atoms with E-state index < -0.39 is 0 Å². The lowest BCUT2D eigenvalue weighted by Crippen LogP contribution is -2.18. The van der Waals surface area contributed by atoms with Crippen LogP contribution in [0.25, 0.3) is 0 Å². The van der Waals surface area contributed by atoms with E-state index in [4.69, 9.17) is 7.98 Å². The molecule has 10 heavy (non-hydrogen) atoms. The highest BCUT2D eigenvalue weighted by atomic mass is 19.1. The van der Waals surface area contributed by atoms with Crippen LogP contribution in [-0.2, 0) is 4.79 Å². The number of amides is 1. The average Bonchev–Trinajstić information content (AvgIpc) is 1.98. The van der Waals surface area contributed by atoms with Gasteiger partial charge in [0.25, 0.3) is 0 Å². The Kier molecular flexibility index (Phi) is 6.23. The van der Waals surface area contributed by atoms with Gasteiger partial charge in [-0.15, -0.1) is 0 Å². The lowest BCUT2D eigenvalue weighted by Gasteiger charge is -2.08. The summed E-state index contributed by atoms with van der Waals surface area (Å²) in [6.07, 6.45) is 2.69. The van der Waals surface area contributed by atoms with Crippen LogP contribution in [0, 0.1) is 0 Å². The molecule has 56 valence electrons. The summed E-state index contributed by atoms with van der Waals surface area (Å²) in [6, 6.07) is 0. The molecule has 0 unspecified atom stereocenters. The van der Waals surface area contributed by atoms with E-state index in [9.17, 15) is 9.18 Å². The number of halogens is 1. The van der Waals surface area contributed by atoms with Crippen LogP contribution >= 0.6 is 0 Å². The molecule has 0 aliphatic carbocycles. The second-order valence-corrected chi connectivity index (χ2v) is 2.09. The minimum absolute atomic E-state index is 0.286. The van der Waals surface area contributed by atoms with Crippen molar-refractivity contribution in [1.82, 2.24) is 4.81 Å². The van der Waals surface area contributed by atoms with Gasteiger partial charge in [-0.2, -0.15) is 0 Å². The Balaban J connectivity index is 2.95. The van der Waals surface area contributed by atoms with Crippen molar-refractivity contribution < 1.29 is 9.18 Å². The third-order valence-corrected chi connectivity index (χ3v) is 1.19. The molecule has 0 aromatic heterocycles. The van der Waals surface area contributed by atoms with E-state index >= 15 is 0 Å². The van der Waals surface area contributed by atoms with E-state index in [1.54, 1.807) is 0 Å². The van der Waals surface area contributed by atoms with Gasteiger partial charge in [-0.05, 0) is 19.3 Å². The highest BCUT2D eigenvalue weighted by Gasteiger charge is 1.92. The van der Waals surface area contributed by atoms with E-state index in [1.807, 2.05) is 0 Å². The largest absolute Gasteiger partial charge is 0.399 e. The molecule has 0 saturated carbocycles. The number of nitrogens with zero attached hydrogens (tertiary/aromatic N) is 1. The maximum Gasteiger partial charge on any atom is 0.230 e. The standard InChI is InChI=1S/C6H11BFNO/c7-9(6-10)5-3-1-2-4-8/h6H,1-5H2. The van der Waals surface area contributed by atoms with Gasteiger partial charge in [0.05, 0.1) is 6.67 Å². The van der Waals surface area contributed by atoms with E-state index in [2.05, 4.69) is 0 Å². The predicted molar refractivity (Wildman–Crippen MR) is 38.4 cm³/mol. The van der Waals surface area contributed by atoms with E-state index in [0.717, 1.165) is 17.7 Å². The molecule has 0 bridgehead atoms. The van der Waals surface area contributed by atoms with Gasteiger partial charge in [-0.3, -0.25) is 9.18 Å². The van der Waals surface area contributed by atoms with Crippen molar-refractivity contribution in [3.63, 3.8) is 0 Å². The molecule has 0 aromatic carbocycles. The molecule has 0 heterocycles. The molecule has 4 heteroatoms. The zero-order chi connectivity index (χ0) is 7.82. The summed E-state index contributed by atoms with van der Waals surface area (Å²) < 4.78 is 11.5. The normalized spacial score (nSPS) is 9.30. The van der Waals surface area contributed by atoms with Crippen LogP contribution in [0.2, 0.25) is 0 Å². The Hall–Kier alpha value is -0.535. The van der Waals surface area contributed by atoms with Crippen LogP contribution in [0.15, 0.2) is 0 Å². The van der Waals surface area contributed by atoms with Crippen molar-refractivity contribution in [1.29, 1.82) is 0 Å². The first-order valence-corrected chi connectivity index (χ1v) is 3.34. The number of rotatable bonds is 6. The summed E-state index contributed by atoms with van der Waals surface area (Å²) in [5.74, 6) is 0. The molecule has 2 nitrogen and oxygen atoms in total. The van der Waals surface area contributed by atoms with Gasteiger partial charge >= 0.3 is 0 Å². The third-order valence-electron chi connectivity index (χ3n) is 1.19. The second-order valence-electron chi connectivity index (χ2n) is 2.09. The van der Waals surface area contributed by atoms with Crippen LogP contribution in [0.4, 0.5) is 4.39 Å². The molecule has 0 N–H and O–H groups in total. The Bertz CT molecular complexity index is 91.8. The lowest BCUT2D eigenvalue weighted by molar-refractivity contribution is -0.114. The fourth-order valence-electron chi connectivity index (χ4n) is 0.618. The molecule has 0 atom stereocenters. The van der Waals surface area contributed by atoms with Gasteiger partial charge in [0.15, 0.2) is 6.41 Å². The smallest absolute Gasteiger partial charge is 0.230 e. The number of hydrogen-bond acceptors (Lipinski definition) is 1. The van der Waals surface area contributed by atoms with E-state index in [1.165, 1.54) is 0 Å². The molecule has 1 amide bonds. The van der Waals surface area contributed by atoms with Crippen molar-refractivity contribution in [2.24, 2.45) is 0 Å². The Morgan fingerprint density at radius 1 is 1.40 bits per heavy atom. The summed E-state index contributed by atoms with van der Waals surface area (Å²) in [7, 11) is 5.13. The summed E-state index contributed by atoms with van der Waals surface area (Å²) in [4.78, 5) is 11.0. The first-order valence-electron chi connectivity index (χ1n) is 3.34. The average molecular weight is 143 g/mol. The summed E-state index contributed by atoms with van der Waals surface area (Å²) >= 11 is 0. The maximum atomic E-state index is 11.5. The number of carbonyl (C=O) groups is 1. The van der Waals surface area contributed by atoms with Crippen LogP contribution in [0.1, 0.15) is 19.3 Å².